The second-order valence-corrected chi connectivity index (χ2v) is 7.03. The number of hydrogen-bond acceptors (Lipinski definition) is 2. The fourth-order valence-corrected chi connectivity index (χ4v) is 4.27. The molecule has 1 aliphatic rings. The van der Waals surface area contributed by atoms with E-state index in [9.17, 15) is 4.39 Å². The van der Waals surface area contributed by atoms with Crippen molar-refractivity contribution in [2.75, 3.05) is 11.5 Å². The van der Waals surface area contributed by atoms with Crippen molar-refractivity contribution in [3.8, 4) is 0 Å². The number of alkyl halides is 1. The molecule has 6 heteroatoms. The molecule has 1 unspecified atom stereocenters. The second kappa shape index (κ2) is 5.62. The standard InChI is InChI=1S/C13H13BrClFN2S/c14-9-3-11-12(4-10(9)16)18(13(5-15)17-11)6-8-1-2-19-7-8/h3-4,8H,1-2,5-7H2. The minimum absolute atomic E-state index is 0.254. The maximum absolute atomic E-state index is 13.7. The largest absolute Gasteiger partial charge is 0.327 e. The third-order valence-electron chi connectivity index (χ3n) is 3.45. The SMILES string of the molecule is Fc1cc2c(cc1Br)nc(CCl)n2CC1CCSC1. The first-order chi connectivity index (χ1) is 9.19. The summed E-state index contributed by atoms with van der Waals surface area (Å²) < 4.78 is 16.3. The Bertz CT molecular complexity index is 610. The van der Waals surface area contributed by atoms with Crippen molar-refractivity contribution in [3.63, 3.8) is 0 Å². The van der Waals surface area contributed by atoms with Crippen LogP contribution in [0.5, 0.6) is 0 Å². The molecule has 1 atom stereocenters. The summed E-state index contributed by atoms with van der Waals surface area (Å²) in [6.45, 7) is 0.882. The number of imidazole rings is 1. The van der Waals surface area contributed by atoms with Crippen molar-refractivity contribution in [3.05, 3.63) is 28.2 Å². The van der Waals surface area contributed by atoms with Gasteiger partial charge in [0.05, 0.1) is 21.4 Å². The van der Waals surface area contributed by atoms with Gasteiger partial charge in [-0.05, 0) is 45.8 Å². The van der Waals surface area contributed by atoms with Gasteiger partial charge in [0.25, 0.3) is 0 Å². The van der Waals surface area contributed by atoms with Crippen molar-refractivity contribution < 1.29 is 4.39 Å². The quantitative estimate of drug-likeness (QED) is 0.751. The fraction of sp³-hybridized carbons (Fsp3) is 0.462. The monoisotopic (exact) mass is 362 g/mol. The van der Waals surface area contributed by atoms with Crippen LogP contribution in [0.25, 0.3) is 11.0 Å². The zero-order valence-electron chi connectivity index (χ0n) is 10.2. The van der Waals surface area contributed by atoms with Gasteiger partial charge in [0, 0.05) is 12.6 Å². The van der Waals surface area contributed by atoms with Crippen LogP contribution < -0.4 is 0 Å². The summed E-state index contributed by atoms with van der Waals surface area (Å²) in [4.78, 5) is 4.50. The van der Waals surface area contributed by atoms with E-state index in [0.29, 0.717) is 16.3 Å². The molecule has 0 bridgehead atoms. The fourth-order valence-electron chi connectivity index (χ4n) is 2.46. The second-order valence-electron chi connectivity index (χ2n) is 4.76. The number of nitrogens with zero attached hydrogens (tertiary/aromatic N) is 2. The smallest absolute Gasteiger partial charge is 0.139 e. The number of halogens is 3. The maximum atomic E-state index is 13.7. The molecule has 2 aromatic rings. The number of thioether (sulfide) groups is 1. The molecule has 102 valence electrons. The highest BCUT2D eigenvalue weighted by atomic mass is 79.9. The van der Waals surface area contributed by atoms with E-state index in [0.717, 1.165) is 23.4 Å². The Morgan fingerprint density at radius 2 is 2.37 bits per heavy atom. The van der Waals surface area contributed by atoms with E-state index in [2.05, 4.69) is 25.5 Å². The molecule has 2 heterocycles. The van der Waals surface area contributed by atoms with Crippen molar-refractivity contribution in [1.29, 1.82) is 0 Å². The molecule has 0 radical (unpaired) electrons. The van der Waals surface area contributed by atoms with Gasteiger partial charge in [-0.3, -0.25) is 0 Å². The third-order valence-corrected chi connectivity index (χ3v) is 5.53. The molecule has 0 amide bonds. The highest BCUT2D eigenvalue weighted by Crippen LogP contribution is 2.29. The average Bonchev–Trinajstić information content (AvgIpc) is 3.00. The van der Waals surface area contributed by atoms with Crippen LogP contribution in [0, 0.1) is 11.7 Å². The summed E-state index contributed by atoms with van der Waals surface area (Å²) in [6, 6.07) is 3.27. The van der Waals surface area contributed by atoms with Crippen molar-refractivity contribution >= 4 is 50.3 Å². The minimum atomic E-state index is -0.254. The molecular weight excluding hydrogens is 351 g/mol. The van der Waals surface area contributed by atoms with Gasteiger partial charge in [-0.25, -0.2) is 9.37 Å². The number of hydrogen-bond donors (Lipinski definition) is 0. The van der Waals surface area contributed by atoms with E-state index >= 15 is 0 Å². The molecule has 0 aliphatic carbocycles. The molecule has 19 heavy (non-hydrogen) atoms. The van der Waals surface area contributed by atoms with E-state index in [4.69, 9.17) is 11.6 Å². The van der Waals surface area contributed by atoms with Gasteiger partial charge in [-0.2, -0.15) is 11.8 Å². The summed E-state index contributed by atoms with van der Waals surface area (Å²) >= 11 is 11.2. The summed E-state index contributed by atoms with van der Waals surface area (Å²) in [6.07, 6.45) is 1.21. The molecule has 3 rings (SSSR count). The number of benzene rings is 1. The minimum Gasteiger partial charge on any atom is -0.327 e. The van der Waals surface area contributed by atoms with Gasteiger partial charge in [-0.15, -0.1) is 11.6 Å². The van der Waals surface area contributed by atoms with Crippen LogP contribution in [0.4, 0.5) is 4.39 Å². The molecule has 0 N–H and O–H groups in total. The Balaban J connectivity index is 2.06. The Morgan fingerprint density at radius 1 is 1.53 bits per heavy atom. The van der Waals surface area contributed by atoms with E-state index in [1.807, 2.05) is 11.8 Å². The van der Waals surface area contributed by atoms with Crippen LogP contribution >= 0.6 is 39.3 Å². The van der Waals surface area contributed by atoms with Gasteiger partial charge in [0.2, 0.25) is 0 Å². The van der Waals surface area contributed by atoms with Crippen molar-refractivity contribution in [2.24, 2.45) is 5.92 Å². The Morgan fingerprint density at radius 3 is 3.05 bits per heavy atom. The average molecular weight is 364 g/mol. The topological polar surface area (TPSA) is 17.8 Å². The zero-order chi connectivity index (χ0) is 13.4. The van der Waals surface area contributed by atoms with Crippen molar-refractivity contribution in [1.82, 2.24) is 9.55 Å². The van der Waals surface area contributed by atoms with Crippen LogP contribution in [-0.4, -0.2) is 21.1 Å². The van der Waals surface area contributed by atoms with Gasteiger partial charge in [0.1, 0.15) is 11.6 Å². The first-order valence-corrected chi connectivity index (χ1v) is 8.65. The van der Waals surface area contributed by atoms with Crippen LogP contribution in [0.3, 0.4) is 0 Å². The Labute approximate surface area is 128 Å². The summed E-state index contributed by atoms with van der Waals surface area (Å²) in [5.74, 6) is 3.94. The first kappa shape index (κ1) is 13.7. The highest BCUT2D eigenvalue weighted by molar-refractivity contribution is 9.10. The molecule has 0 saturated carbocycles. The van der Waals surface area contributed by atoms with E-state index in [1.165, 1.54) is 17.9 Å². The van der Waals surface area contributed by atoms with Crippen LogP contribution in [-0.2, 0) is 12.4 Å². The summed E-state index contributed by atoms with van der Waals surface area (Å²) in [7, 11) is 0. The first-order valence-electron chi connectivity index (χ1n) is 6.17. The van der Waals surface area contributed by atoms with Crippen LogP contribution in [0.2, 0.25) is 0 Å². The molecule has 1 saturated heterocycles. The summed E-state index contributed by atoms with van der Waals surface area (Å²) in [5.41, 5.74) is 1.64. The lowest BCUT2D eigenvalue weighted by Crippen LogP contribution is -2.12. The van der Waals surface area contributed by atoms with Crippen LogP contribution in [0.15, 0.2) is 16.6 Å². The van der Waals surface area contributed by atoms with Crippen LogP contribution in [0.1, 0.15) is 12.2 Å². The maximum Gasteiger partial charge on any atom is 0.139 e. The molecule has 2 nitrogen and oxygen atoms in total. The molecule has 0 spiro atoms. The third kappa shape index (κ3) is 2.65. The Kier molecular flexibility index (Phi) is 4.06. The number of fused-ring (bicyclic) bond motifs is 1. The molecule has 1 aliphatic heterocycles. The van der Waals surface area contributed by atoms with E-state index in [1.54, 1.807) is 12.1 Å². The molecule has 1 aromatic carbocycles. The lowest BCUT2D eigenvalue weighted by molar-refractivity contribution is 0.492. The molecule has 1 fully saturated rings. The summed E-state index contributed by atoms with van der Waals surface area (Å²) in [5, 5.41) is 0. The van der Waals surface area contributed by atoms with Crippen molar-refractivity contribution in [2.45, 2.75) is 18.8 Å². The van der Waals surface area contributed by atoms with Gasteiger partial charge in [0.15, 0.2) is 0 Å². The normalized spacial score (nSPS) is 19.4. The lowest BCUT2D eigenvalue weighted by atomic mass is 10.1. The lowest BCUT2D eigenvalue weighted by Gasteiger charge is -2.12. The number of aromatic nitrogens is 2. The Hall–Kier alpha value is -0.260. The van der Waals surface area contributed by atoms with Gasteiger partial charge >= 0.3 is 0 Å². The molecular formula is C13H13BrClFN2S. The zero-order valence-corrected chi connectivity index (χ0v) is 13.4. The highest BCUT2D eigenvalue weighted by Gasteiger charge is 2.20. The van der Waals surface area contributed by atoms with E-state index in [-0.39, 0.29) is 5.82 Å². The predicted molar refractivity (Wildman–Crippen MR) is 82.4 cm³/mol. The predicted octanol–water partition coefficient (Wildman–Crippen LogP) is 4.43. The molecule has 1 aromatic heterocycles. The van der Waals surface area contributed by atoms with E-state index < -0.39 is 0 Å². The van der Waals surface area contributed by atoms with Gasteiger partial charge in [-0.1, -0.05) is 0 Å². The van der Waals surface area contributed by atoms with Gasteiger partial charge < -0.3 is 4.57 Å². The number of rotatable bonds is 3.